The summed E-state index contributed by atoms with van der Waals surface area (Å²) in [6.45, 7) is 7.44. The summed E-state index contributed by atoms with van der Waals surface area (Å²) in [5.41, 5.74) is 0.453. The van der Waals surface area contributed by atoms with E-state index in [1.54, 1.807) is 24.5 Å². The van der Waals surface area contributed by atoms with Crippen LogP contribution in [0.5, 0.6) is 0 Å². The Morgan fingerprint density at radius 3 is 2.32 bits per heavy atom. The van der Waals surface area contributed by atoms with Crippen LogP contribution in [0.3, 0.4) is 0 Å². The Morgan fingerprint density at radius 1 is 1.32 bits per heavy atom. The summed E-state index contributed by atoms with van der Waals surface area (Å²) in [5.74, 6) is -1.57. The van der Waals surface area contributed by atoms with Crippen LogP contribution in [0, 0.1) is 5.92 Å². The largest absolute Gasteiger partial charge is 0.480 e. The molecule has 0 aromatic carbocycles. The van der Waals surface area contributed by atoms with Crippen molar-refractivity contribution < 1.29 is 14.7 Å². The van der Waals surface area contributed by atoms with E-state index in [1.807, 2.05) is 20.0 Å². The van der Waals surface area contributed by atoms with Gasteiger partial charge in [0, 0.05) is 16.7 Å². The SMILES string of the molecule is CC(C)C(NC(=O)c1cc(Br)cn1C(C)C)C(=O)O. The summed E-state index contributed by atoms with van der Waals surface area (Å²) in [4.78, 5) is 23.3. The number of aliphatic carboxylic acids is 1. The second-order valence-corrected chi connectivity index (χ2v) is 5.99. The molecule has 0 spiro atoms. The third-order valence-corrected chi connectivity index (χ3v) is 3.26. The molecule has 0 saturated carbocycles. The third-order valence-electron chi connectivity index (χ3n) is 2.82. The molecule has 0 aliphatic heterocycles. The second kappa shape index (κ2) is 6.23. The average molecular weight is 331 g/mol. The first-order chi connectivity index (χ1) is 8.73. The van der Waals surface area contributed by atoms with E-state index in [2.05, 4.69) is 21.2 Å². The van der Waals surface area contributed by atoms with Crippen molar-refractivity contribution in [1.29, 1.82) is 0 Å². The molecule has 2 N–H and O–H groups in total. The van der Waals surface area contributed by atoms with Gasteiger partial charge in [-0.1, -0.05) is 13.8 Å². The van der Waals surface area contributed by atoms with E-state index < -0.39 is 12.0 Å². The number of carboxylic acid groups (broad SMARTS) is 1. The van der Waals surface area contributed by atoms with Crippen molar-refractivity contribution in [2.45, 2.75) is 39.8 Å². The maximum atomic E-state index is 12.2. The number of amides is 1. The van der Waals surface area contributed by atoms with Crippen LogP contribution in [0.1, 0.15) is 44.2 Å². The second-order valence-electron chi connectivity index (χ2n) is 5.08. The maximum absolute atomic E-state index is 12.2. The minimum absolute atomic E-state index is 0.120. The summed E-state index contributed by atoms with van der Waals surface area (Å²) in [5, 5.41) is 11.7. The number of hydrogen-bond acceptors (Lipinski definition) is 2. The van der Waals surface area contributed by atoms with Gasteiger partial charge < -0.3 is 15.0 Å². The van der Waals surface area contributed by atoms with Crippen LogP contribution in [0.2, 0.25) is 0 Å². The van der Waals surface area contributed by atoms with E-state index >= 15 is 0 Å². The number of rotatable bonds is 5. The first-order valence-corrected chi connectivity index (χ1v) is 6.94. The zero-order valence-electron chi connectivity index (χ0n) is 11.5. The van der Waals surface area contributed by atoms with Gasteiger partial charge in [0.05, 0.1) is 0 Å². The lowest BCUT2D eigenvalue weighted by atomic mass is 10.0. The van der Waals surface area contributed by atoms with Gasteiger partial charge in [0.15, 0.2) is 0 Å². The van der Waals surface area contributed by atoms with Crippen molar-refractivity contribution in [3.8, 4) is 0 Å². The third kappa shape index (κ3) is 3.83. The standard InChI is InChI=1S/C13H19BrN2O3/c1-7(2)11(13(18)19)15-12(17)10-5-9(14)6-16(10)8(3)4/h5-8,11H,1-4H3,(H,15,17)(H,18,19). The van der Waals surface area contributed by atoms with Crippen LogP contribution in [0.4, 0.5) is 0 Å². The molecule has 1 amide bonds. The zero-order chi connectivity index (χ0) is 14.7. The predicted octanol–water partition coefficient (Wildman–Crippen LogP) is 2.67. The van der Waals surface area contributed by atoms with Crippen molar-refractivity contribution in [2.75, 3.05) is 0 Å². The molecule has 0 aliphatic rings. The molecule has 1 aromatic rings. The Labute approximate surface area is 121 Å². The minimum atomic E-state index is -1.02. The van der Waals surface area contributed by atoms with Gasteiger partial charge in [-0.15, -0.1) is 0 Å². The van der Waals surface area contributed by atoms with E-state index in [-0.39, 0.29) is 17.9 Å². The molecule has 0 bridgehead atoms. The Kier molecular flexibility index (Phi) is 5.17. The van der Waals surface area contributed by atoms with Gasteiger partial charge >= 0.3 is 5.97 Å². The van der Waals surface area contributed by atoms with Crippen LogP contribution in [-0.2, 0) is 4.79 Å². The predicted molar refractivity (Wildman–Crippen MR) is 76.2 cm³/mol. The maximum Gasteiger partial charge on any atom is 0.326 e. The molecular formula is C13H19BrN2O3. The van der Waals surface area contributed by atoms with Crippen LogP contribution in [0.15, 0.2) is 16.7 Å². The van der Waals surface area contributed by atoms with Gasteiger partial charge in [0.25, 0.3) is 5.91 Å². The number of nitrogens with zero attached hydrogens (tertiary/aromatic N) is 1. The number of carbonyl (C=O) groups is 2. The number of hydrogen-bond donors (Lipinski definition) is 2. The molecule has 19 heavy (non-hydrogen) atoms. The lowest BCUT2D eigenvalue weighted by Crippen LogP contribution is -2.44. The van der Waals surface area contributed by atoms with Crippen LogP contribution in [0.25, 0.3) is 0 Å². The first-order valence-electron chi connectivity index (χ1n) is 6.15. The van der Waals surface area contributed by atoms with Crippen molar-refractivity contribution in [2.24, 2.45) is 5.92 Å². The highest BCUT2D eigenvalue weighted by atomic mass is 79.9. The van der Waals surface area contributed by atoms with Crippen molar-refractivity contribution in [3.05, 3.63) is 22.4 Å². The van der Waals surface area contributed by atoms with Crippen LogP contribution >= 0.6 is 15.9 Å². The molecule has 1 rings (SSSR count). The Morgan fingerprint density at radius 2 is 1.89 bits per heavy atom. The fourth-order valence-corrected chi connectivity index (χ4v) is 2.22. The van der Waals surface area contributed by atoms with Crippen molar-refractivity contribution >= 4 is 27.8 Å². The average Bonchev–Trinajstić information content (AvgIpc) is 2.67. The first kappa shape index (κ1) is 15.8. The lowest BCUT2D eigenvalue weighted by molar-refractivity contribution is -0.140. The van der Waals surface area contributed by atoms with E-state index in [4.69, 9.17) is 5.11 Å². The molecule has 1 heterocycles. The summed E-state index contributed by atoms with van der Waals surface area (Å²) >= 11 is 3.33. The van der Waals surface area contributed by atoms with E-state index in [9.17, 15) is 9.59 Å². The van der Waals surface area contributed by atoms with Gasteiger partial charge in [-0.05, 0) is 41.8 Å². The molecule has 5 nitrogen and oxygen atoms in total. The number of carbonyl (C=O) groups excluding carboxylic acids is 1. The molecule has 106 valence electrons. The number of halogens is 1. The highest BCUT2D eigenvalue weighted by molar-refractivity contribution is 9.10. The zero-order valence-corrected chi connectivity index (χ0v) is 13.1. The number of nitrogens with one attached hydrogen (secondary N) is 1. The Bertz CT molecular complexity index is 480. The normalized spacial score (nSPS) is 12.8. The van der Waals surface area contributed by atoms with Gasteiger partial charge in [-0.2, -0.15) is 0 Å². The number of aromatic nitrogens is 1. The smallest absolute Gasteiger partial charge is 0.326 e. The monoisotopic (exact) mass is 330 g/mol. The summed E-state index contributed by atoms with van der Waals surface area (Å²) in [6, 6.07) is 0.922. The van der Waals surface area contributed by atoms with Crippen molar-refractivity contribution in [1.82, 2.24) is 9.88 Å². The summed E-state index contributed by atoms with van der Waals surface area (Å²) < 4.78 is 2.60. The quantitative estimate of drug-likeness (QED) is 0.871. The number of carboxylic acids is 1. The molecule has 0 radical (unpaired) electrons. The highest BCUT2D eigenvalue weighted by Crippen LogP contribution is 2.19. The summed E-state index contributed by atoms with van der Waals surface area (Å²) in [6.07, 6.45) is 1.81. The van der Waals surface area contributed by atoms with E-state index in [0.29, 0.717) is 5.69 Å². The topological polar surface area (TPSA) is 71.3 Å². The molecule has 0 fully saturated rings. The molecule has 1 unspecified atom stereocenters. The molecule has 1 atom stereocenters. The van der Waals surface area contributed by atoms with Crippen molar-refractivity contribution in [3.63, 3.8) is 0 Å². The molecular weight excluding hydrogens is 312 g/mol. The van der Waals surface area contributed by atoms with Gasteiger partial charge in [0.2, 0.25) is 0 Å². The fourth-order valence-electron chi connectivity index (χ4n) is 1.78. The molecule has 6 heteroatoms. The van der Waals surface area contributed by atoms with Crippen LogP contribution in [-0.4, -0.2) is 27.6 Å². The van der Waals surface area contributed by atoms with E-state index in [1.165, 1.54) is 0 Å². The molecule has 0 aliphatic carbocycles. The molecule has 0 saturated heterocycles. The summed E-state index contributed by atoms with van der Waals surface area (Å²) in [7, 11) is 0. The van der Waals surface area contributed by atoms with Gasteiger partial charge in [-0.25, -0.2) is 4.79 Å². The van der Waals surface area contributed by atoms with E-state index in [0.717, 1.165) is 4.47 Å². The minimum Gasteiger partial charge on any atom is -0.480 e. The van der Waals surface area contributed by atoms with Gasteiger partial charge in [-0.3, -0.25) is 4.79 Å². The van der Waals surface area contributed by atoms with Crippen LogP contribution < -0.4 is 5.32 Å². The fraction of sp³-hybridized carbons (Fsp3) is 0.538. The highest BCUT2D eigenvalue weighted by Gasteiger charge is 2.25. The molecule has 1 aromatic heterocycles. The Balaban J connectivity index is 2.98. The Hall–Kier alpha value is -1.30. The lowest BCUT2D eigenvalue weighted by Gasteiger charge is -2.19. The van der Waals surface area contributed by atoms with Gasteiger partial charge in [0.1, 0.15) is 11.7 Å².